The van der Waals surface area contributed by atoms with Gasteiger partial charge in [-0.2, -0.15) is 0 Å². The van der Waals surface area contributed by atoms with Crippen LogP contribution in [0.3, 0.4) is 0 Å². The normalized spacial score (nSPS) is 16.4. The van der Waals surface area contributed by atoms with Gasteiger partial charge in [-0.25, -0.2) is 0 Å². The van der Waals surface area contributed by atoms with Gasteiger partial charge in [0, 0.05) is 24.2 Å². The molecule has 4 heteroatoms. The number of halogens is 1. The van der Waals surface area contributed by atoms with Crippen LogP contribution in [0.4, 0.5) is 0 Å². The lowest BCUT2D eigenvalue weighted by Gasteiger charge is -2.16. The molecule has 0 unspecified atom stereocenters. The highest BCUT2D eigenvalue weighted by Gasteiger charge is 2.11. The molecule has 3 nitrogen and oxygen atoms in total. The van der Waals surface area contributed by atoms with Crippen LogP contribution < -0.4 is 10.6 Å². The van der Waals surface area contributed by atoms with E-state index in [2.05, 4.69) is 10.6 Å². The summed E-state index contributed by atoms with van der Waals surface area (Å²) in [5.41, 5.74) is 0.883. The summed E-state index contributed by atoms with van der Waals surface area (Å²) in [7, 11) is 0. The maximum atomic E-state index is 11.9. The molecule has 1 aromatic rings. The number of carbonyl (C=O) groups excluding carboxylic acids is 1. The molecule has 0 atom stereocenters. The van der Waals surface area contributed by atoms with Crippen LogP contribution in [0.1, 0.15) is 44.1 Å². The lowest BCUT2D eigenvalue weighted by atomic mass is 10.1. The summed E-state index contributed by atoms with van der Waals surface area (Å²) in [6.45, 7) is 1.53. The van der Waals surface area contributed by atoms with Crippen molar-refractivity contribution in [2.24, 2.45) is 0 Å². The SMILES string of the molecule is O=C(Cc1ccccc1Cl)NCCNC1CCCCCC1. The minimum Gasteiger partial charge on any atom is -0.355 e. The maximum Gasteiger partial charge on any atom is 0.224 e. The fraction of sp³-hybridized carbons (Fsp3) is 0.588. The maximum absolute atomic E-state index is 11.9. The molecule has 1 amide bonds. The van der Waals surface area contributed by atoms with E-state index in [1.807, 2.05) is 24.3 Å². The highest BCUT2D eigenvalue weighted by Crippen LogP contribution is 2.17. The number of amides is 1. The van der Waals surface area contributed by atoms with E-state index in [-0.39, 0.29) is 5.91 Å². The lowest BCUT2D eigenvalue weighted by Crippen LogP contribution is -2.37. The van der Waals surface area contributed by atoms with Gasteiger partial charge in [0.15, 0.2) is 0 Å². The summed E-state index contributed by atoms with van der Waals surface area (Å²) in [4.78, 5) is 11.9. The molecule has 1 saturated carbocycles. The van der Waals surface area contributed by atoms with Gasteiger partial charge in [-0.1, -0.05) is 55.5 Å². The summed E-state index contributed by atoms with van der Waals surface area (Å²) in [6, 6.07) is 8.12. The van der Waals surface area contributed by atoms with E-state index < -0.39 is 0 Å². The largest absolute Gasteiger partial charge is 0.355 e. The first-order valence-electron chi connectivity index (χ1n) is 7.99. The van der Waals surface area contributed by atoms with Gasteiger partial charge in [-0.05, 0) is 24.5 Å². The predicted octanol–water partition coefficient (Wildman–Crippen LogP) is 3.31. The van der Waals surface area contributed by atoms with Gasteiger partial charge in [0.05, 0.1) is 6.42 Å². The Balaban J connectivity index is 1.62. The Hall–Kier alpha value is -1.06. The Morgan fingerprint density at radius 2 is 1.81 bits per heavy atom. The fourth-order valence-electron chi connectivity index (χ4n) is 2.84. The van der Waals surface area contributed by atoms with Crippen LogP contribution in [0.15, 0.2) is 24.3 Å². The van der Waals surface area contributed by atoms with E-state index in [1.54, 1.807) is 0 Å². The van der Waals surface area contributed by atoms with Gasteiger partial charge in [-0.15, -0.1) is 0 Å². The van der Waals surface area contributed by atoms with Crippen molar-refractivity contribution in [3.63, 3.8) is 0 Å². The van der Waals surface area contributed by atoms with E-state index >= 15 is 0 Å². The summed E-state index contributed by atoms with van der Waals surface area (Å²) in [5.74, 6) is 0.0331. The predicted molar refractivity (Wildman–Crippen MR) is 87.7 cm³/mol. The van der Waals surface area contributed by atoms with Crippen molar-refractivity contribution >= 4 is 17.5 Å². The first-order valence-corrected chi connectivity index (χ1v) is 8.37. The average molecular weight is 309 g/mol. The molecule has 1 aromatic carbocycles. The molecule has 1 fully saturated rings. The monoisotopic (exact) mass is 308 g/mol. The molecular formula is C17H25ClN2O. The minimum absolute atomic E-state index is 0.0331. The molecule has 116 valence electrons. The molecule has 0 radical (unpaired) electrons. The van der Waals surface area contributed by atoms with Crippen molar-refractivity contribution in [2.75, 3.05) is 13.1 Å². The molecule has 0 aromatic heterocycles. The van der Waals surface area contributed by atoms with Crippen LogP contribution in [0.5, 0.6) is 0 Å². The van der Waals surface area contributed by atoms with Crippen LogP contribution in [-0.2, 0) is 11.2 Å². The number of nitrogens with one attached hydrogen (secondary N) is 2. The average Bonchev–Trinajstić information content (AvgIpc) is 2.75. The van der Waals surface area contributed by atoms with Gasteiger partial charge >= 0.3 is 0 Å². The van der Waals surface area contributed by atoms with Crippen LogP contribution in [0.2, 0.25) is 5.02 Å². The van der Waals surface area contributed by atoms with Gasteiger partial charge in [0.1, 0.15) is 0 Å². The number of benzene rings is 1. The smallest absolute Gasteiger partial charge is 0.224 e. The summed E-state index contributed by atoms with van der Waals surface area (Å²) < 4.78 is 0. The highest BCUT2D eigenvalue weighted by atomic mass is 35.5. The third-order valence-corrected chi connectivity index (χ3v) is 4.41. The van der Waals surface area contributed by atoms with Crippen LogP contribution in [0, 0.1) is 0 Å². The molecule has 1 aliphatic carbocycles. The summed E-state index contributed by atoms with van der Waals surface area (Å²) in [6.07, 6.45) is 8.29. The third kappa shape index (κ3) is 6.06. The van der Waals surface area contributed by atoms with Crippen LogP contribution in [-0.4, -0.2) is 25.0 Å². The number of hydrogen-bond donors (Lipinski definition) is 2. The number of rotatable bonds is 6. The first-order chi connectivity index (χ1) is 10.3. The topological polar surface area (TPSA) is 41.1 Å². The number of hydrogen-bond acceptors (Lipinski definition) is 2. The van der Waals surface area contributed by atoms with E-state index in [0.717, 1.165) is 12.1 Å². The van der Waals surface area contributed by atoms with Crippen molar-refractivity contribution in [1.82, 2.24) is 10.6 Å². The second-order valence-corrected chi connectivity index (χ2v) is 6.17. The lowest BCUT2D eigenvalue weighted by molar-refractivity contribution is -0.120. The highest BCUT2D eigenvalue weighted by molar-refractivity contribution is 6.31. The first kappa shape index (κ1) is 16.3. The van der Waals surface area contributed by atoms with E-state index in [0.29, 0.717) is 24.0 Å². The van der Waals surface area contributed by atoms with Gasteiger partial charge < -0.3 is 10.6 Å². The molecule has 0 heterocycles. The Kier molecular flexibility index (Phi) is 7.04. The zero-order valence-electron chi connectivity index (χ0n) is 12.5. The van der Waals surface area contributed by atoms with E-state index in [4.69, 9.17) is 11.6 Å². The van der Waals surface area contributed by atoms with Crippen molar-refractivity contribution in [3.8, 4) is 0 Å². The molecule has 0 bridgehead atoms. The molecule has 0 aliphatic heterocycles. The number of carbonyl (C=O) groups is 1. The van der Waals surface area contributed by atoms with Crippen molar-refractivity contribution in [3.05, 3.63) is 34.9 Å². The Morgan fingerprint density at radius 3 is 2.52 bits per heavy atom. The van der Waals surface area contributed by atoms with Crippen molar-refractivity contribution in [1.29, 1.82) is 0 Å². The van der Waals surface area contributed by atoms with Crippen LogP contribution >= 0.6 is 11.6 Å². The molecule has 2 rings (SSSR count). The standard InChI is InChI=1S/C17H25ClN2O/c18-16-10-6-5-7-14(16)13-17(21)20-12-11-19-15-8-3-1-2-4-9-15/h5-7,10,15,19H,1-4,8-9,11-13H2,(H,20,21). The zero-order valence-corrected chi connectivity index (χ0v) is 13.3. The van der Waals surface area contributed by atoms with Gasteiger partial charge in [0.25, 0.3) is 0 Å². The molecule has 0 saturated heterocycles. The second-order valence-electron chi connectivity index (χ2n) is 5.76. The second kappa shape index (κ2) is 9.06. The summed E-state index contributed by atoms with van der Waals surface area (Å²) >= 11 is 6.05. The third-order valence-electron chi connectivity index (χ3n) is 4.04. The minimum atomic E-state index is 0.0331. The Bertz CT molecular complexity index is 442. The van der Waals surface area contributed by atoms with E-state index in [1.165, 1.54) is 38.5 Å². The molecule has 2 N–H and O–H groups in total. The molecule has 0 spiro atoms. The quantitative estimate of drug-likeness (QED) is 0.625. The van der Waals surface area contributed by atoms with Crippen molar-refractivity contribution in [2.45, 2.75) is 51.0 Å². The fourth-order valence-corrected chi connectivity index (χ4v) is 3.04. The summed E-state index contributed by atoms with van der Waals surface area (Å²) in [5, 5.41) is 7.16. The van der Waals surface area contributed by atoms with Crippen LogP contribution in [0.25, 0.3) is 0 Å². The van der Waals surface area contributed by atoms with Gasteiger partial charge in [-0.3, -0.25) is 4.79 Å². The zero-order chi connectivity index (χ0) is 14.9. The molecule has 1 aliphatic rings. The molecule has 21 heavy (non-hydrogen) atoms. The molecular weight excluding hydrogens is 284 g/mol. The van der Waals surface area contributed by atoms with E-state index in [9.17, 15) is 4.79 Å². The Labute approximate surface area is 132 Å². The van der Waals surface area contributed by atoms with Gasteiger partial charge in [0.2, 0.25) is 5.91 Å². The Morgan fingerprint density at radius 1 is 1.10 bits per heavy atom. The van der Waals surface area contributed by atoms with Crippen molar-refractivity contribution < 1.29 is 4.79 Å².